The van der Waals surface area contributed by atoms with Crippen molar-refractivity contribution in [2.45, 2.75) is 39.5 Å². The van der Waals surface area contributed by atoms with Gasteiger partial charge in [0.2, 0.25) is 0 Å². The van der Waals surface area contributed by atoms with Crippen LogP contribution in [0.2, 0.25) is 0 Å². The number of thioether (sulfide) groups is 1. The van der Waals surface area contributed by atoms with Crippen LogP contribution in [-0.2, 0) is 4.79 Å². The number of benzene rings is 1. The Kier molecular flexibility index (Phi) is 7.89. The molecule has 4 rings (SSSR count). The number of carbonyl (C=O) groups excluding carboxylic acids is 3. The zero-order valence-electron chi connectivity index (χ0n) is 19.7. The molecule has 10 heteroatoms. The Morgan fingerprint density at radius 2 is 1.88 bits per heavy atom. The van der Waals surface area contributed by atoms with Crippen molar-refractivity contribution < 1.29 is 19.1 Å². The first-order valence-electron chi connectivity index (χ1n) is 11.9. The van der Waals surface area contributed by atoms with E-state index in [1.165, 1.54) is 11.8 Å². The third-order valence-electron chi connectivity index (χ3n) is 6.11. The molecular formula is C24H31N5O4S. The molecule has 0 spiro atoms. The molecule has 1 aromatic carbocycles. The van der Waals surface area contributed by atoms with E-state index in [0.29, 0.717) is 53.1 Å². The molecule has 2 saturated heterocycles. The lowest BCUT2D eigenvalue weighted by atomic mass is 10.1. The van der Waals surface area contributed by atoms with Crippen molar-refractivity contribution in [3.05, 3.63) is 34.2 Å². The first-order valence-corrected chi connectivity index (χ1v) is 12.8. The molecule has 3 amide bonds. The predicted octanol–water partition coefficient (Wildman–Crippen LogP) is 3.33. The maximum absolute atomic E-state index is 12.9. The van der Waals surface area contributed by atoms with Crippen LogP contribution in [0.15, 0.2) is 28.1 Å². The molecule has 3 aliphatic heterocycles. The van der Waals surface area contributed by atoms with E-state index < -0.39 is 6.09 Å². The monoisotopic (exact) mass is 485 g/mol. The van der Waals surface area contributed by atoms with E-state index in [9.17, 15) is 14.4 Å². The van der Waals surface area contributed by atoms with E-state index in [4.69, 9.17) is 4.74 Å². The van der Waals surface area contributed by atoms with Crippen molar-refractivity contribution in [1.82, 2.24) is 20.2 Å². The van der Waals surface area contributed by atoms with E-state index >= 15 is 0 Å². The van der Waals surface area contributed by atoms with Crippen LogP contribution in [0.5, 0.6) is 5.75 Å². The number of carbonyl (C=O) groups is 3. The van der Waals surface area contributed by atoms with Crippen LogP contribution in [0.4, 0.5) is 4.79 Å². The average Bonchev–Trinajstić information content (AvgIpc) is 3.52. The van der Waals surface area contributed by atoms with Gasteiger partial charge in [-0.25, -0.2) is 10.2 Å². The van der Waals surface area contributed by atoms with Crippen molar-refractivity contribution in [2.75, 3.05) is 39.3 Å². The number of amides is 3. The summed E-state index contributed by atoms with van der Waals surface area (Å²) in [4.78, 5) is 46.3. The van der Waals surface area contributed by atoms with Gasteiger partial charge in [-0.1, -0.05) is 0 Å². The fraction of sp³-hybridized carbons (Fsp3) is 0.500. The lowest BCUT2D eigenvalue weighted by Crippen LogP contribution is -2.45. The van der Waals surface area contributed by atoms with Gasteiger partial charge >= 0.3 is 6.09 Å². The smallest absolute Gasteiger partial charge is 0.410 e. The van der Waals surface area contributed by atoms with Crippen molar-refractivity contribution in [2.24, 2.45) is 4.99 Å². The molecule has 1 N–H and O–H groups in total. The highest BCUT2D eigenvalue weighted by Gasteiger charge is 2.28. The lowest BCUT2D eigenvalue weighted by Gasteiger charge is -2.28. The molecule has 9 nitrogen and oxygen atoms in total. The van der Waals surface area contributed by atoms with Gasteiger partial charge in [-0.3, -0.25) is 14.6 Å². The second kappa shape index (κ2) is 11.1. The number of aliphatic imine (C=N–C) groups is 1. The van der Waals surface area contributed by atoms with Gasteiger partial charge in [0.25, 0.3) is 11.8 Å². The number of nitrogens with zero attached hydrogens (tertiary/aromatic N) is 4. The number of hydrogen-bond acceptors (Lipinski definition) is 7. The van der Waals surface area contributed by atoms with Gasteiger partial charge in [0, 0.05) is 50.4 Å². The number of hydrazine groups is 1. The number of likely N-dealkylation sites (tertiary alicyclic amines) is 1. The van der Waals surface area contributed by atoms with E-state index in [1.807, 2.05) is 18.9 Å². The molecule has 0 bridgehead atoms. The van der Waals surface area contributed by atoms with E-state index in [-0.39, 0.29) is 11.8 Å². The molecule has 0 unspecified atom stereocenters. The summed E-state index contributed by atoms with van der Waals surface area (Å²) in [6, 6.07) is 4.98. The maximum atomic E-state index is 12.9. The van der Waals surface area contributed by atoms with Gasteiger partial charge in [0.05, 0.1) is 4.91 Å². The van der Waals surface area contributed by atoms with Crippen LogP contribution < -0.4 is 10.2 Å². The van der Waals surface area contributed by atoms with Crippen LogP contribution in [0.25, 0.3) is 6.08 Å². The van der Waals surface area contributed by atoms with Crippen molar-refractivity contribution in [3.63, 3.8) is 0 Å². The molecular weight excluding hydrogens is 454 g/mol. The zero-order chi connectivity index (χ0) is 24.1. The fourth-order valence-electron chi connectivity index (χ4n) is 4.14. The van der Waals surface area contributed by atoms with Crippen LogP contribution in [0.3, 0.4) is 0 Å². The Bertz CT molecular complexity index is 1010. The minimum absolute atomic E-state index is 0.109. The van der Waals surface area contributed by atoms with Gasteiger partial charge < -0.3 is 14.5 Å². The Morgan fingerprint density at radius 3 is 2.56 bits per heavy atom. The SMILES string of the molecule is CCN(CC)C(=O)c1ccc(OC(=O)N2CCCC2)c(/C=C2\SC(N3CCCCN3)=NC2=O)c1. The molecule has 0 radical (unpaired) electrons. The van der Waals surface area contributed by atoms with E-state index in [0.717, 1.165) is 38.8 Å². The minimum atomic E-state index is -0.417. The third kappa shape index (κ3) is 5.44. The molecule has 2 fully saturated rings. The zero-order valence-corrected chi connectivity index (χ0v) is 20.5. The lowest BCUT2D eigenvalue weighted by molar-refractivity contribution is -0.113. The summed E-state index contributed by atoms with van der Waals surface area (Å²) in [5.74, 6) is -0.134. The van der Waals surface area contributed by atoms with Gasteiger partial charge in [0.15, 0.2) is 5.17 Å². The second-order valence-corrected chi connectivity index (χ2v) is 9.38. The molecule has 1 aromatic rings. The molecule has 3 aliphatic rings. The van der Waals surface area contributed by atoms with Crippen molar-refractivity contribution in [3.8, 4) is 5.75 Å². The molecule has 0 atom stereocenters. The Hall–Kier alpha value is -2.85. The number of rotatable bonds is 5. The molecule has 0 aliphatic carbocycles. The largest absolute Gasteiger partial charge is 0.415 e. The molecule has 34 heavy (non-hydrogen) atoms. The van der Waals surface area contributed by atoms with Crippen molar-refractivity contribution >= 4 is 40.9 Å². The highest BCUT2D eigenvalue weighted by molar-refractivity contribution is 8.18. The topological polar surface area (TPSA) is 94.6 Å². The van der Waals surface area contributed by atoms with Crippen molar-refractivity contribution in [1.29, 1.82) is 0 Å². The normalized spacial score (nSPS) is 19.5. The standard InChI is InChI=1S/C24H31N5O4S/c1-3-27(4-2)22(31)17-9-10-19(33-24(32)28-12-7-8-13-28)18(15-17)16-20-21(30)26-23(34-20)29-14-6-5-11-25-29/h9-10,15-16,25H,3-8,11-14H2,1-2H3/b20-16-. The molecule has 3 heterocycles. The highest BCUT2D eigenvalue weighted by Crippen LogP contribution is 2.33. The van der Waals surface area contributed by atoms with Gasteiger partial charge in [-0.2, -0.15) is 4.99 Å². The van der Waals surface area contributed by atoms with Crippen LogP contribution >= 0.6 is 11.8 Å². The van der Waals surface area contributed by atoms with Crippen LogP contribution in [-0.4, -0.2) is 77.2 Å². The van der Waals surface area contributed by atoms with Gasteiger partial charge in [-0.15, -0.1) is 0 Å². The maximum Gasteiger partial charge on any atom is 0.415 e. The summed E-state index contributed by atoms with van der Waals surface area (Å²) in [7, 11) is 0. The Labute approximate surface area is 204 Å². The first-order chi connectivity index (χ1) is 16.5. The average molecular weight is 486 g/mol. The van der Waals surface area contributed by atoms with E-state index in [1.54, 1.807) is 34.1 Å². The van der Waals surface area contributed by atoms with Gasteiger partial charge in [-0.05, 0) is 75.6 Å². The summed E-state index contributed by atoms with van der Waals surface area (Å²) in [5, 5.41) is 2.52. The number of hydrogen-bond donors (Lipinski definition) is 1. The van der Waals surface area contributed by atoms with Crippen LogP contribution in [0, 0.1) is 0 Å². The number of amidine groups is 1. The second-order valence-electron chi connectivity index (χ2n) is 8.37. The predicted molar refractivity (Wildman–Crippen MR) is 132 cm³/mol. The summed E-state index contributed by atoms with van der Waals surface area (Å²) in [6.07, 6.45) is 5.28. The molecule has 182 valence electrons. The van der Waals surface area contributed by atoms with E-state index in [2.05, 4.69) is 10.4 Å². The fourth-order valence-corrected chi connectivity index (χ4v) is 5.06. The first kappa shape index (κ1) is 24.3. The van der Waals surface area contributed by atoms with Crippen LogP contribution in [0.1, 0.15) is 55.5 Å². The summed E-state index contributed by atoms with van der Waals surface area (Å²) in [6.45, 7) is 8.01. The highest BCUT2D eigenvalue weighted by atomic mass is 32.2. The number of nitrogens with one attached hydrogen (secondary N) is 1. The third-order valence-corrected chi connectivity index (χ3v) is 7.11. The quantitative estimate of drug-likeness (QED) is 0.639. The summed E-state index contributed by atoms with van der Waals surface area (Å²) in [5.41, 5.74) is 4.24. The molecule has 0 saturated carbocycles. The molecule has 0 aromatic heterocycles. The Morgan fingerprint density at radius 1 is 1.15 bits per heavy atom. The van der Waals surface area contributed by atoms with Gasteiger partial charge in [0.1, 0.15) is 5.75 Å². The summed E-state index contributed by atoms with van der Waals surface area (Å²) >= 11 is 1.28. The summed E-state index contributed by atoms with van der Waals surface area (Å²) < 4.78 is 5.70. The minimum Gasteiger partial charge on any atom is -0.410 e. The number of ether oxygens (including phenoxy) is 1. The Balaban J connectivity index is 1.62.